The maximum atomic E-state index is 12.5. The molecule has 1 heterocycles. The lowest BCUT2D eigenvalue weighted by Crippen LogP contribution is -2.37. The predicted molar refractivity (Wildman–Crippen MR) is 75.6 cm³/mol. The third kappa shape index (κ3) is 3.72. The van der Waals surface area contributed by atoms with Gasteiger partial charge in [0, 0.05) is 12.0 Å². The smallest absolute Gasteiger partial charge is 0.305 e. The zero-order valence-electron chi connectivity index (χ0n) is 12.2. The molecule has 1 N–H and O–H groups in total. The molecule has 1 aliphatic heterocycles. The highest BCUT2D eigenvalue weighted by Gasteiger charge is 2.23. The Kier molecular flexibility index (Phi) is 5.16. The van der Waals surface area contributed by atoms with Crippen LogP contribution in [-0.4, -0.2) is 38.2 Å². The number of fused-ring (bicyclic) bond motifs is 1. The summed E-state index contributed by atoms with van der Waals surface area (Å²) in [5, 5.41) is 3.10. The minimum absolute atomic E-state index is 0.0703. The van der Waals surface area contributed by atoms with Crippen molar-refractivity contribution in [1.29, 1.82) is 0 Å². The summed E-state index contributed by atoms with van der Waals surface area (Å²) in [4.78, 5) is 23.8. The van der Waals surface area contributed by atoms with Crippen molar-refractivity contribution in [2.45, 2.75) is 25.8 Å². The molecule has 1 aliphatic rings. The van der Waals surface area contributed by atoms with Gasteiger partial charge in [-0.05, 0) is 31.2 Å². The molecule has 0 fully saturated rings. The summed E-state index contributed by atoms with van der Waals surface area (Å²) >= 11 is 0. The monoisotopic (exact) mass is 293 g/mol. The molecule has 0 saturated heterocycles. The van der Waals surface area contributed by atoms with Crippen LogP contribution in [0.3, 0.4) is 0 Å². The summed E-state index contributed by atoms with van der Waals surface area (Å²) in [6.07, 6.45) is 0.595. The highest BCUT2D eigenvalue weighted by atomic mass is 16.7. The zero-order chi connectivity index (χ0) is 15.2. The van der Waals surface area contributed by atoms with Gasteiger partial charge in [-0.15, -0.1) is 0 Å². The van der Waals surface area contributed by atoms with Gasteiger partial charge in [0.1, 0.15) is 0 Å². The lowest BCUT2D eigenvalue weighted by atomic mass is 9.99. The van der Waals surface area contributed by atoms with E-state index in [1.807, 2.05) is 6.92 Å². The van der Waals surface area contributed by atoms with Crippen LogP contribution in [0, 0.1) is 0 Å². The van der Waals surface area contributed by atoms with E-state index in [9.17, 15) is 9.59 Å². The van der Waals surface area contributed by atoms with Gasteiger partial charge in [-0.2, -0.15) is 0 Å². The molecular formula is C15H19NO5. The van der Waals surface area contributed by atoms with Crippen molar-refractivity contribution in [2.24, 2.45) is 0 Å². The van der Waals surface area contributed by atoms with E-state index in [1.54, 1.807) is 18.2 Å². The van der Waals surface area contributed by atoms with Crippen LogP contribution in [0.25, 0.3) is 0 Å². The van der Waals surface area contributed by atoms with Gasteiger partial charge in [0.15, 0.2) is 17.3 Å². The Morgan fingerprint density at radius 1 is 1.33 bits per heavy atom. The molecule has 2 rings (SSSR count). The zero-order valence-corrected chi connectivity index (χ0v) is 12.2. The second-order valence-electron chi connectivity index (χ2n) is 4.66. The number of Topliss-reactive ketones (excluding diaryl/α,β-unsaturated/α-hetero) is 1. The molecule has 0 radical (unpaired) electrons. The van der Waals surface area contributed by atoms with E-state index in [1.165, 1.54) is 7.11 Å². The fraction of sp³-hybridized carbons (Fsp3) is 0.467. The van der Waals surface area contributed by atoms with E-state index in [0.29, 0.717) is 30.0 Å². The Bertz CT molecular complexity index is 529. The Labute approximate surface area is 123 Å². The predicted octanol–water partition coefficient (Wildman–Crippen LogP) is 1.53. The molecule has 0 spiro atoms. The summed E-state index contributed by atoms with van der Waals surface area (Å²) in [6, 6.07) is 4.68. The van der Waals surface area contributed by atoms with E-state index in [2.05, 4.69) is 10.1 Å². The molecule has 6 heteroatoms. The molecule has 0 aromatic heterocycles. The van der Waals surface area contributed by atoms with Crippen LogP contribution >= 0.6 is 0 Å². The summed E-state index contributed by atoms with van der Waals surface area (Å²) < 4.78 is 15.1. The number of hydrogen-bond acceptors (Lipinski definition) is 6. The number of benzene rings is 1. The molecule has 1 aromatic rings. The van der Waals surface area contributed by atoms with Crippen LogP contribution in [0.15, 0.2) is 18.2 Å². The van der Waals surface area contributed by atoms with Crippen molar-refractivity contribution in [3.8, 4) is 11.5 Å². The number of nitrogens with one attached hydrogen (secondary N) is 1. The molecule has 6 nitrogen and oxygen atoms in total. The van der Waals surface area contributed by atoms with E-state index in [0.717, 1.165) is 0 Å². The Balaban J connectivity index is 2.08. The summed E-state index contributed by atoms with van der Waals surface area (Å²) in [7, 11) is 1.34. The highest BCUT2D eigenvalue weighted by molar-refractivity contribution is 6.00. The number of hydrogen-bond donors (Lipinski definition) is 1. The number of ketones is 1. The molecular weight excluding hydrogens is 274 g/mol. The van der Waals surface area contributed by atoms with Crippen LogP contribution in [-0.2, 0) is 9.53 Å². The summed E-state index contributed by atoms with van der Waals surface area (Å²) in [5.41, 5.74) is 0.537. The lowest BCUT2D eigenvalue weighted by molar-refractivity contribution is -0.140. The molecule has 1 atom stereocenters. The Hall–Kier alpha value is -2.08. The first-order valence-electron chi connectivity index (χ1n) is 6.89. The first-order chi connectivity index (χ1) is 10.2. The van der Waals surface area contributed by atoms with Gasteiger partial charge < -0.3 is 19.5 Å². The van der Waals surface area contributed by atoms with Crippen LogP contribution in [0.4, 0.5) is 0 Å². The standard InChI is InChI=1S/C15H19NO5/c1-3-16-11(5-7-14(17)19-2)15(18)10-4-6-12-13(8-10)21-9-20-12/h4,6,8,11,16H,3,5,7,9H2,1-2H3. The fourth-order valence-electron chi connectivity index (χ4n) is 2.19. The molecule has 0 amide bonds. The first kappa shape index (κ1) is 15.3. The number of ether oxygens (including phenoxy) is 3. The molecule has 0 saturated carbocycles. The number of esters is 1. The van der Waals surface area contributed by atoms with E-state index < -0.39 is 6.04 Å². The normalized spacial score (nSPS) is 13.8. The number of carbonyl (C=O) groups is 2. The van der Waals surface area contributed by atoms with Gasteiger partial charge in [0.05, 0.1) is 13.2 Å². The number of likely N-dealkylation sites (N-methyl/N-ethyl adjacent to an activating group) is 1. The highest BCUT2D eigenvalue weighted by Crippen LogP contribution is 2.32. The minimum Gasteiger partial charge on any atom is -0.469 e. The van der Waals surface area contributed by atoms with Gasteiger partial charge in [0.2, 0.25) is 6.79 Å². The van der Waals surface area contributed by atoms with Crippen molar-refractivity contribution >= 4 is 11.8 Å². The molecule has 21 heavy (non-hydrogen) atoms. The van der Waals surface area contributed by atoms with Crippen molar-refractivity contribution in [1.82, 2.24) is 5.32 Å². The average molecular weight is 293 g/mol. The van der Waals surface area contributed by atoms with E-state index in [-0.39, 0.29) is 25.0 Å². The molecule has 114 valence electrons. The summed E-state index contributed by atoms with van der Waals surface area (Å²) in [5.74, 6) is 0.820. The van der Waals surface area contributed by atoms with Gasteiger partial charge in [-0.25, -0.2) is 0 Å². The van der Waals surface area contributed by atoms with Crippen LogP contribution < -0.4 is 14.8 Å². The first-order valence-corrected chi connectivity index (χ1v) is 6.89. The maximum absolute atomic E-state index is 12.5. The largest absolute Gasteiger partial charge is 0.469 e. The van der Waals surface area contributed by atoms with E-state index >= 15 is 0 Å². The Morgan fingerprint density at radius 3 is 2.81 bits per heavy atom. The number of rotatable bonds is 7. The second-order valence-corrected chi connectivity index (χ2v) is 4.66. The van der Waals surface area contributed by atoms with Crippen molar-refractivity contribution in [2.75, 3.05) is 20.4 Å². The van der Waals surface area contributed by atoms with Gasteiger partial charge in [-0.1, -0.05) is 6.92 Å². The third-order valence-electron chi connectivity index (χ3n) is 3.29. The third-order valence-corrected chi connectivity index (χ3v) is 3.29. The van der Waals surface area contributed by atoms with Crippen molar-refractivity contribution in [3.63, 3.8) is 0 Å². The van der Waals surface area contributed by atoms with Crippen molar-refractivity contribution < 1.29 is 23.8 Å². The molecule has 1 unspecified atom stereocenters. The second kappa shape index (κ2) is 7.08. The fourth-order valence-corrected chi connectivity index (χ4v) is 2.19. The molecule has 0 bridgehead atoms. The number of methoxy groups -OCH3 is 1. The van der Waals surface area contributed by atoms with Crippen LogP contribution in [0.1, 0.15) is 30.1 Å². The number of carbonyl (C=O) groups excluding carboxylic acids is 2. The summed E-state index contributed by atoms with van der Waals surface area (Å²) in [6.45, 7) is 2.73. The SMILES string of the molecule is CCNC(CCC(=O)OC)C(=O)c1ccc2c(c1)OCO2. The van der Waals surface area contributed by atoms with Gasteiger partial charge in [0.25, 0.3) is 0 Å². The van der Waals surface area contributed by atoms with Crippen LogP contribution in [0.5, 0.6) is 11.5 Å². The topological polar surface area (TPSA) is 73.9 Å². The quantitative estimate of drug-likeness (QED) is 0.607. The minimum atomic E-state index is -0.422. The van der Waals surface area contributed by atoms with Gasteiger partial charge >= 0.3 is 5.97 Å². The van der Waals surface area contributed by atoms with Crippen molar-refractivity contribution in [3.05, 3.63) is 23.8 Å². The van der Waals surface area contributed by atoms with E-state index in [4.69, 9.17) is 9.47 Å². The maximum Gasteiger partial charge on any atom is 0.305 e. The molecule has 1 aromatic carbocycles. The Morgan fingerprint density at radius 2 is 2.10 bits per heavy atom. The molecule has 0 aliphatic carbocycles. The lowest BCUT2D eigenvalue weighted by Gasteiger charge is -2.16. The van der Waals surface area contributed by atoms with Gasteiger partial charge in [-0.3, -0.25) is 9.59 Å². The van der Waals surface area contributed by atoms with Crippen LogP contribution in [0.2, 0.25) is 0 Å². The average Bonchev–Trinajstić information content (AvgIpc) is 2.97.